The molecule has 6 heteroatoms. The van der Waals surface area contributed by atoms with Crippen LogP contribution < -0.4 is 5.43 Å². The Morgan fingerprint density at radius 2 is 1.75 bits per heavy atom. The first-order valence-corrected chi connectivity index (χ1v) is 8.96. The summed E-state index contributed by atoms with van der Waals surface area (Å²) in [7, 11) is 0. The lowest BCUT2D eigenvalue weighted by molar-refractivity contribution is 0.0951. The summed E-state index contributed by atoms with van der Waals surface area (Å²) in [6.45, 7) is 0. The van der Waals surface area contributed by atoms with Crippen molar-refractivity contribution in [3.05, 3.63) is 94.9 Å². The van der Waals surface area contributed by atoms with Gasteiger partial charge in [0.05, 0.1) is 11.7 Å². The van der Waals surface area contributed by atoms with E-state index >= 15 is 0 Å². The normalized spacial score (nSPS) is 11.2. The molecule has 28 heavy (non-hydrogen) atoms. The number of nitrogens with one attached hydrogen (secondary N) is 2. The van der Waals surface area contributed by atoms with E-state index in [1.54, 1.807) is 36.4 Å². The van der Waals surface area contributed by atoms with Gasteiger partial charge in [0.2, 0.25) is 0 Å². The first-order valence-electron chi connectivity index (χ1n) is 8.58. The third-order valence-electron chi connectivity index (χ3n) is 4.32. The van der Waals surface area contributed by atoms with Crippen LogP contribution in [0.4, 0.5) is 4.39 Å². The van der Waals surface area contributed by atoms with Crippen LogP contribution in [-0.2, 0) is 0 Å². The third kappa shape index (κ3) is 3.52. The first kappa shape index (κ1) is 17.9. The molecule has 0 aliphatic carbocycles. The maximum Gasteiger partial charge on any atom is 0.288 e. The summed E-state index contributed by atoms with van der Waals surface area (Å²) >= 11 is 5.85. The van der Waals surface area contributed by atoms with Crippen LogP contribution in [0.25, 0.3) is 22.0 Å². The van der Waals surface area contributed by atoms with E-state index < -0.39 is 11.7 Å². The molecule has 0 aliphatic heterocycles. The Bertz CT molecular complexity index is 1170. The number of rotatable bonds is 4. The lowest BCUT2D eigenvalue weighted by atomic mass is 10.0. The lowest BCUT2D eigenvalue weighted by Crippen LogP contribution is -2.18. The Morgan fingerprint density at radius 3 is 2.50 bits per heavy atom. The summed E-state index contributed by atoms with van der Waals surface area (Å²) in [5.74, 6) is -0.877. The molecule has 1 aromatic heterocycles. The molecule has 4 rings (SSSR count). The summed E-state index contributed by atoms with van der Waals surface area (Å²) in [6.07, 6.45) is 1.51. The standard InChI is InChI=1S/C22H15ClFN3O/c23-16-11-9-14(10-12-16)13-25-27-22(28)21-19(15-5-2-1-3-6-15)17-7-4-8-18(24)20(17)26-21/h1-13,26H,(H,27,28)/b25-13+. The number of H-pyrrole nitrogens is 1. The smallest absolute Gasteiger partial charge is 0.288 e. The largest absolute Gasteiger partial charge is 0.348 e. The number of para-hydroxylation sites is 1. The van der Waals surface area contributed by atoms with Crippen molar-refractivity contribution in [2.45, 2.75) is 0 Å². The number of carbonyl (C=O) groups is 1. The van der Waals surface area contributed by atoms with E-state index in [0.717, 1.165) is 11.1 Å². The Labute approximate surface area is 165 Å². The molecule has 138 valence electrons. The zero-order valence-corrected chi connectivity index (χ0v) is 15.4. The second kappa shape index (κ2) is 7.66. The fourth-order valence-electron chi connectivity index (χ4n) is 3.03. The number of fused-ring (bicyclic) bond motifs is 1. The van der Waals surface area contributed by atoms with Crippen molar-refractivity contribution in [3.63, 3.8) is 0 Å². The van der Waals surface area contributed by atoms with Crippen molar-refractivity contribution >= 4 is 34.6 Å². The van der Waals surface area contributed by atoms with E-state index in [1.165, 1.54) is 12.3 Å². The molecular formula is C22H15ClFN3O. The zero-order valence-electron chi connectivity index (χ0n) is 14.6. The van der Waals surface area contributed by atoms with Crippen molar-refractivity contribution in [1.82, 2.24) is 10.4 Å². The molecule has 0 atom stereocenters. The molecule has 1 amide bonds. The molecule has 0 saturated heterocycles. The predicted octanol–water partition coefficient (Wildman–Crippen LogP) is 5.39. The van der Waals surface area contributed by atoms with Gasteiger partial charge in [-0.05, 0) is 29.3 Å². The number of aromatic amines is 1. The SMILES string of the molecule is O=C(N/N=C/c1ccc(Cl)cc1)c1[nH]c2c(F)cccc2c1-c1ccccc1. The molecule has 0 spiro atoms. The second-order valence-corrected chi connectivity index (χ2v) is 6.59. The van der Waals surface area contributed by atoms with Crippen LogP contribution in [-0.4, -0.2) is 17.1 Å². The Kier molecular flexibility index (Phi) is 4.91. The van der Waals surface area contributed by atoms with Crippen LogP contribution in [0.1, 0.15) is 16.1 Å². The molecule has 0 saturated carbocycles. The second-order valence-electron chi connectivity index (χ2n) is 6.15. The van der Waals surface area contributed by atoms with Crippen molar-refractivity contribution in [2.24, 2.45) is 5.10 Å². The van der Waals surface area contributed by atoms with Crippen LogP contribution in [0, 0.1) is 5.82 Å². The highest BCUT2D eigenvalue weighted by atomic mass is 35.5. The number of carbonyl (C=O) groups excluding carboxylic acids is 1. The topological polar surface area (TPSA) is 57.2 Å². The Hall–Kier alpha value is -3.44. The average Bonchev–Trinajstić information content (AvgIpc) is 3.11. The molecule has 0 unspecified atom stereocenters. The van der Waals surface area contributed by atoms with Crippen molar-refractivity contribution < 1.29 is 9.18 Å². The molecule has 4 nitrogen and oxygen atoms in total. The van der Waals surface area contributed by atoms with Gasteiger partial charge in [-0.3, -0.25) is 4.79 Å². The molecule has 3 aromatic carbocycles. The number of halogens is 2. The number of nitrogens with zero attached hydrogens (tertiary/aromatic N) is 1. The minimum Gasteiger partial charge on any atom is -0.348 e. The van der Waals surface area contributed by atoms with Gasteiger partial charge >= 0.3 is 0 Å². The van der Waals surface area contributed by atoms with Gasteiger partial charge in [-0.2, -0.15) is 5.10 Å². The minimum atomic E-state index is -0.459. The van der Waals surface area contributed by atoms with Crippen molar-refractivity contribution in [1.29, 1.82) is 0 Å². The molecule has 0 aliphatic rings. The van der Waals surface area contributed by atoms with Crippen LogP contribution in [0.15, 0.2) is 77.9 Å². The van der Waals surface area contributed by atoms with Gasteiger partial charge in [-0.15, -0.1) is 0 Å². The summed E-state index contributed by atoms with van der Waals surface area (Å²) in [4.78, 5) is 15.7. The van der Waals surface area contributed by atoms with E-state index in [0.29, 0.717) is 16.0 Å². The lowest BCUT2D eigenvalue weighted by Gasteiger charge is -2.04. The van der Waals surface area contributed by atoms with Gasteiger partial charge in [0, 0.05) is 16.0 Å². The fraction of sp³-hybridized carbons (Fsp3) is 0. The maximum atomic E-state index is 14.3. The highest BCUT2D eigenvalue weighted by molar-refractivity contribution is 6.30. The molecule has 0 fully saturated rings. The van der Waals surface area contributed by atoms with Crippen LogP contribution in [0.2, 0.25) is 5.02 Å². The highest BCUT2D eigenvalue weighted by Crippen LogP contribution is 2.33. The summed E-state index contributed by atoms with van der Waals surface area (Å²) in [5, 5.41) is 5.25. The number of hydrogen-bond donors (Lipinski definition) is 2. The molecule has 1 heterocycles. The number of amides is 1. The minimum absolute atomic E-state index is 0.250. The first-order chi connectivity index (χ1) is 13.6. The Morgan fingerprint density at radius 1 is 1.00 bits per heavy atom. The summed E-state index contributed by atoms with van der Waals surface area (Å²) < 4.78 is 14.3. The molecule has 4 aromatic rings. The predicted molar refractivity (Wildman–Crippen MR) is 110 cm³/mol. The van der Waals surface area contributed by atoms with Gasteiger partial charge in [0.1, 0.15) is 11.5 Å². The summed E-state index contributed by atoms with van der Waals surface area (Å²) in [6, 6.07) is 21.2. The van der Waals surface area contributed by atoms with Crippen LogP contribution >= 0.6 is 11.6 Å². The number of hydrogen-bond acceptors (Lipinski definition) is 2. The molecule has 0 bridgehead atoms. The van der Waals surface area contributed by atoms with Crippen LogP contribution in [0.5, 0.6) is 0 Å². The van der Waals surface area contributed by atoms with E-state index in [-0.39, 0.29) is 11.2 Å². The number of hydrazone groups is 1. The zero-order chi connectivity index (χ0) is 19.5. The molecule has 2 N–H and O–H groups in total. The van der Waals surface area contributed by atoms with E-state index in [4.69, 9.17) is 11.6 Å². The quantitative estimate of drug-likeness (QED) is 0.355. The van der Waals surface area contributed by atoms with E-state index in [9.17, 15) is 9.18 Å². The van der Waals surface area contributed by atoms with Gasteiger partial charge in [-0.25, -0.2) is 9.82 Å². The van der Waals surface area contributed by atoms with Gasteiger partial charge in [0.25, 0.3) is 5.91 Å². The average molecular weight is 392 g/mol. The third-order valence-corrected chi connectivity index (χ3v) is 4.57. The monoisotopic (exact) mass is 391 g/mol. The van der Waals surface area contributed by atoms with E-state index in [1.807, 2.05) is 30.3 Å². The van der Waals surface area contributed by atoms with Gasteiger partial charge in [0.15, 0.2) is 0 Å². The Balaban J connectivity index is 1.70. The molecule has 0 radical (unpaired) electrons. The van der Waals surface area contributed by atoms with Crippen LogP contribution in [0.3, 0.4) is 0 Å². The fourth-order valence-corrected chi connectivity index (χ4v) is 3.15. The van der Waals surface area contributed by atoms with Crippen molar-refractivity contribution in [2.75, 3.05) is 0 Å². The van der Waals surface area contributed by atoms with Gasteiger partial charge in [-0.1, -0.05) is 66.2 Å². The molecular weight excluding hydrogens is 377 g/mol. The maximum absolute atomic E-state index is 14.3. The van der Waals surface area contributed by atoms with Gasteiger partial charge < -0.3 is 4.98 Å². The number of benzene rings is 3. The summed E-state index contributed by atoms with van der Waals surface area (Å²) in [5.41, 5.74) is 5.26. The van der Waals surface area contributed by atoms with E-state index in [2.05, 4.69) is 15.5 Å². The number of aromatic nitrogens is 1. The highest BCUT2D eigenvalue weighted by Gasteiger charge is 2.20. The van der Waals surface area contributed by atoms with Crippen molar-refractivity contribution in [3.8, 4) is 11.1 Å².